The van der Waals surface area contributed by atoms with Crippen molar-refractivity contribution in [2.24, 2.45) is 5.92 Å². The number of hydrogen-bond donors (Lipinski definition) is 1. The van der Waals surface area contributed by atoms with Crippen LogP contribution in [0.15, 0.2) is 24.3 Å². The molecule has 0 saturated heterocycles. The number of amides is 1. The number of carbonyl (C=O) groups is 2. The highest BCUT2D eigenvalue weighted by Gasteiger charge is 2.28. The Labute approximate surface area is 153 Å². The molecule has 26 heavy (non-hydrogen) atoms. The second kappa shape index (κ2) is 10.1. The predicted octanol–water partition coefficient (Wildman–Crippen LogP) is 2.49. The highest BCUT2D eigenvalue weighted by Crippen LogP contribution is 2.49. The van der Waals surface area contributed by atoms with Crippen LogP contribution < -0.4 is 5.32 Å². The van der Waals surface area contributed by atoms with Crippen molar-refractivity contribution in [3.63, 3.8) is 0 Å². The average Bonchev–Trinajstić information content (AvgIpc) is 2.65. The van der Waals surface area contributed by atoms with Crippen molar-refractivity contribution in [1.82, 2.24) is 5.32 Å². The van der Waals surface area contributed by atoms with Crippen LogP contribution in [-0.4, -0.2) is 39.2 Å². The van der Waals surface area contributed by atoms with Crippen molar-refractivity contribution in [2.45, 2.75) is 25.5 Å². The summed E-state index contributed by atoms with van der Waals surface area (Å²) in [4.78, 5) is 24.3. The minimum atomic E-state index is -3.19. The molecule has 0 heterocycles. The van der Waals surface area contributed by atoms with Gasteiger partial charge in [-0.15, -0.1) is 0 Å². The largest absolute Gasteiger partial charge is 0.467 e. The van der Waals surface area contributed by atoms with Crippen molar-refractivity contribution in [3.05, 3.63) is 35.4 Å². The van der Waals surface area contributed by atoms with Gasteiger partial charge in [0.15, 0.2) is 0 Å². The van der Waals surface area contributed by atoms with Gasteiger partial charge in [0.1, 0.15) is 6.04 Å². The maximum atomic E-state index is 12.4. The molecule has 142 valence electrons. The Hall–Kier alpha value is -2.20. The summed E-state index contributed by atoms with van der Waals surface area (Å²) in [6, 6.07) is 7.40. The zero-order valence-electron chi connectivity index (χ0n) is 15.2. The van der Waals surface area contributed by atoms with E-state index in [0.29, 0.717) is 11.1 Å². The molecule has 1 aromatic rings. The SMILES string of the molecule is COC(=O)[C@@H](NC(=O)c1ccc(CP(=O)(OC)OC)cc1)[C@H](C)CC#N. The van der Waals surface area contributed by atoms with Gasteiger partial charge in [-0.25, -0.2) is 4.79 Å². The fourth-order valence-corrected chi connectivity index (χ4v) is 3.30. The molecule has 9 heteroatoms. The van der Waals surface area contributed by atoms with E-state index in [2.05, 4.69) is 5.32 Å². The third-order valence-electron chi connectivity index (χ3n) is 3.87. The molecule has 1 amide bonds. The van der Waals surface area contributed by atoms with Gasteiger partial charge in [0.05, 0.1) is 19.3 Å². The van der Waals surface area contributed by atoms with Gasteiger partial charge in [-0.2, -0.15) is 5.26 Å². The Morgan fingerprint density at radius 1 is 1.19 bits per heavy atom. The van der Waals surface area contributed by atoms with Gasteiger partial charge in [-0.1, -0.05) is 19.1 Å². The van der Waals surface area contributed by atoms with Gasteiger partial charge in [0.2, 0.25) is 0 Å². The Morgan fingerprint density at radius 2 is 1.77 bits per heavy atom. The highest BCUT2D eigenvalue weighted by molar-refractivity contribution is 7.52. The Bertz CT molecular complexity index is 705. The van der Waals surface area contributed by atoms with Crippen LogP contribution in [0.4, 0.5) is 0 Å². The molecule has 1 N–H and O–H groups in total. The molecule has 0 aliphatic carbocycles. The number of carbonyl (C=O) groups excluding carboxylic acids is 2. The van der Waals surface area contributed by atoms with E-state index in [0.717, 1.165) is 0 Å². The number of ether oxygens (including phenoxy) is 1. The van der Waals surface area contributed by atoms with Crippen LogP contribution in [0.5, 0.6) is 0 Å². The van der Waals surface area contributed by atoms with Crippen LogP contribution >= 0.6 is 7.60 Å². The number of esters is 1. The smallest absolute Gasteiger partial charge is 0.334 e. The fraction of sp³-hybridized carbons (Fsp3) is 0.471. The van der Waals surface area contributed by atoms with Crippen LogP contribution in [0.25, 0.3) is 0 Å². The summed E-state index contributed by atoms with van der Waals surface area (Å²) >= 11 is 0. The summed E-state index contributed by atoms with van der Waals surface area (Å²) in [6.07, 6.45) is 0.175. The molecule has 0 bridgehead atoms. The first-order valence-corrected chi connectivity index (χ1v) is 9.58. The molecule has 2 atom stereocenters. The zero-order chi connectivity index (χ0) is 19.7. The van der Waals surface area contributed by atoms with Gasteiger partial charge >= 0.3 is 13.6 Å². The molecule has 0 aliphatic rings. The van der Waals surface area contributed by atoms with Gasteiger partial charge in [0, 0.05) is 32.1 Å². The summed E-state index contributed by atoms with van der Waals surface area (Å²) in [5.74, 6) is -1.48. The standard InChI is InChI=1S/C17H23N2O6P/c1-12(9-10-18)15(17(21)23-2)19-16(20)14-7-5-13(6-8-14)11-26(22,24-3)25-4/h5-8,12,15H,9,11H2,1-4H3,(H,19,20)/t12-,15+/m1/s1. The lowest BCUT2D eigenvalue weighted by molar-refractivity contribution is -0.144. The molecule has 0 radical (unpaired) electrons. The van der Waals surface area contributed by atoms with Gasteiger partial charge < -0.3 is 19.1 Å². The highest BCUT2D eigenvalue weighted by atomic mass is 31.2. The van der Waals surface area contributed by atoms with E-state index in [1.54, 1.807) is 31.2 Å². The summed E-state index contributed by atoms with van der Waals surface area (Å²) in [5.41, 5.74) is 0.993. The molecule has 0 aliphatic heterocycles. The Morgan fingerprint density at radius 3 is 2.23 bits per heavy atom. The maximum Gasteiger partial charge on any atom is 0.334 e. The molecule has 0 fully saturated rings. The molecular formula is C17H23N2O6P. The van der Waals surface area contributed by atoms with E-state index in [4.69, 9.17) is 19.0 Å². The predicted molar refractivity (Wildman–Crippen MR) is 94.4 cm³/mol. The van der Waals surface area contributed by atoms with Crippen LogP contribution in [0.3, 0.4) is 0 Å². The third kappa shape index (κ3) is 5.95. The minimum absolute atomic E-state index is 0.0753. The van der Waals surface area contributed by atoms with E-state index in [1.807, 2.05) is 6.07 Å². The second-order valence-electron chi connectivity index (χ2n) is 5.64. The number of hydrogen-bond acceptors (Lipinski definition) is 7. The minimum Gasteiger partial charge on any atom is -0.467 e. The number of nitrogens with zero attached hydrogens (tertiary/aromatic N) is 1. The van der Waals surface area contributed by atoms with Gasteiger partial charge in [-0.3, -0.25) is 9.36 Å². The first-order valence-electron chi connectivity index (χ1n) is 7.85. The van der Waals surface area contributed by atoms with Gasteiger partial charge in [0.25, 0.3) is 5.91 Å². The first kappa shape index (κ1) is 21.8. The molecule has 0 aromatic heterocycles. The van der Waals surface area contributed by atoms with Gasteiger partial charge in [-0.05, 0) is 17.7 Å². The second-order valence-corrected chi connectivity index (χ2v) is 7.91. The summed E-state index contributed by atoms with van der Waals surface area (Å²) < 4.78 is 26.6. The number of methoxy groups -OCH3 is 1. The topological polar surface area (TPSA) is 115 Å². The maximum absolute atomic E-state index is 12.4. The summed E-state index contributed by atoms with van der Waals surface area (Å²) in [5, 5.41) is 11.4. The number of nitrogens with one attached hydrogen (secondary N) is 1. The zero-order valence-corrected chi connectivity index (χ0v) is 16.1. The lowest BCUT2D eigenvalue weighted by atomic mass is 9.98. The molecule has 1 aromatic carbocycles. The van der Waals surface area contributed by atoms with E-state index in [-0.39, 0.29) is 12.6 Å². The number of nitriles is 1. The number of benzene rings is 1. The monoisotopic (exact) mass is 382 g/mol. The molecule has 1 rings (SSSR count). The quantitative estimate of drug-likeness (QED) is 0.515. The lowest BCUT2D eigenvalue weighted by Crippen LogP contribution is -2.45. The molecule has 0 spiro atoms. The van der Waals surface area contributed by atoms with Crippen LogP contribution in [0.2, 0.25) is 0 Å². The van der Waals surface area contributed by atoms with Crippen LogP contribution in [-0.2, 0) is 29.3 Å². The van der Waals surface area contributed by atoms with Crippen molar-refractivity contribution >= 4 is 19.5 Å². The molecular weight excluding hydrogens is 359 g/mol. The first-order chi connectivity index (χ1) is 12.3. The van der Waals surface area contributed by atoms with Crippen molar-refractivity contribution in [1.29, 1.82) is 5.26 Å². The molecule has 0 saturated carbocycles. The lowest BCUT2D eigenvalue weighted by Gasteiger charge is -2.21. The van der Waals surface area contributed by atoms with Crippen molar-refractivity contribution < 1.29 is 27.9 Å². The molecule has 8 nitrogen and oxygen atoms in total. The van der Waals surface area contributed by atoms with E-state index in [9.17, 15) is 14.2 Å². The third-order valence-corrected chi connectivity index (χ3v) is 5.74. The van der Waals surface area contributed by atoms with Crippen molar-refractivity contribution in [2.75, 3.05) is 21.3 Å². The van der Waals surface area contributed by atoms with E-state index >= 15 is 0 Å². The fourth-order valence-electron chi connectivity index (χ4n) is 2.24. The van der Waals surface area contributed by atoms with E-state index in [1.165, 1.54) is 21.3 Å². The average molecular weight is 382 g/mol. The Kier molecular flexibility index (Phi) is 8.46. The molecule has 0 unspecified atom stereocenters. The van der Waals surface area contributed by atoms with E-state index < -0.39 is 31.4 Å². The van der Waals surface area contributed by atoms with Crippen LogP contribution in [0, 0.1) is 17.2 Å². The Balaban J connectivity index is 2.88. The van der Waals surface area contributed by atoms with Crippen LogP contribution in [0.1, 0.15) is 29.3 Å². The number of rotatable bonds is 9. The summed E-state index contributed by atoms with van der Waals surface area (Å²) in [6.45, 7) is 1.68. The van der Waals surface area contributed by atoms with Crippen molar-refractivity contribution in [3.8, 4) is 6.07 Å². The normalized spacial score (nSPS) is 13.3. The summed E-state index contributed by atoms with van der Waals surface area (Å²) in [7, 11) is 0.641.